The summed E-state index contributed by atoms with van der Waals surface area (Å²) in [7, 11) is 1.48. The number of rotatable bonds is 5. The van der Waals surface area contributed by atoms with Gasteiger partial charge in [0.1, 0.15) is 6.10 Å². The summed E-state index contributed by atoms with van der Waals surface area (Å²) in [6, 6.07) is 0.0290. The van der Waals surface area contributed by atoms with E-state index in [0.717, 1.165) is 19.4 Å². The summed E-state index contributed by atoms with van der Waals surface area (Å²) >= 11 is 0. The van der Waals surface area contributed by atoms with Crippen LogP contribution in [0, 0.1) is 0 Å². The van der Waals surface area contributed by atoms with E-state index in [2.05, 4.69) is 5.32 Å². The zero-order valence-electron chi connectivity index (χ0n) is 10.4. The lowest BCUT2D eigenvalue weighted by Gasteiger charge is -2.35. The second-order valence-electron chi connectivity index (χ2n) is 4.31. The summed E-state index contributed by atoms with van der Waals surface area (Å²) in [5.41, 5.74) is 5.19. The lowest BCUT2D eigenvalue weighted by molar-refractivity contribution is -0.146. The van der Waals surface area contributed by atoms with Crippen molar-refractivity contribution in [2.45, 2.75) is 31.9 Å². The van der Waals surface area contributed by atoms with Crippen LogP contribution in [0.2, 0.25) is 0 Å². The fraction of sp³-hybridized carbons (Fsp3) is 0.818. The van der Waals surface area contributed by atoms with E-state index in [-0.39, 0.29) is 18.5 Å². The molecular weight excluding hydrogens is 222 g/mol. The minimum Gasteiger partial charge on any atom is -0.372 e. The maximum absolute atomic E-state index is 12.1. The fourth-order valence-electron chi connectivity index (χ4n) is 1.99. The molecule has 1 saturated heterocycles. The van der Waals surface area contributed by atoms with Crippen molar-refractivity contribution in [2.24, 2.45) is 5.73 Å². The van der Waals surface area contributed by atoms with Crippen molar-refractivity contribution in [3.05, 3.63) is 0 Å². The Bertz CT molecular complexity index is 277. The molecule has 1 fully saturated rings. The van der Waals surface area contributed by atoms with Gasteiger partial charge in [0.25, 0.3) is 5.91 Å². The van der Waals surface area contributed by atoms with Gasteiger partial charge in [0.05, 0.1) is 6.54 Å². The molecule has 1 heterocycles. The van der Waals surface area contributed by atoms with E-state index in [4.69, 9.17) is 10.5 Å². The Morgan fingerprint density at radius 1 is 1.59 bits per heavy atom. The minimum absolute atomic E-state index is 0.0290. The lowest BCUT2D eigenvalue weighted by atomic mass is 10.1. The molecular formula is C11H21N3O3. The molecule has 0 aromatic heterocycles. The molecule has 2 atom stereocenters. The van der Waals surface area contributed by atoms with Crippen molar-refractivity contribution >= 4 is 11.8 Å². The number of ether oxygens (including phenoxy) is 1. The van der Waals surface area contributed by atoms with Gasteiger partial charge in [-0.3, -0.25) is 9.59 Å². The van der Waals surface area contributed by atoms with Crippen LogP contribution >= 0.6 is 0 Å². The molecule has 6 heteroatoms. The third kappa shape index (κ3) is 3.98. The van der Waals surface area contributed by atoms with Crippen LogP contribution in [0.15, 0.2) is 0 Å². The Morgan fingerprint density at radius 2 is 2.29 bits per heavy atom. The van der Waals surface area contributed by atoms with Gasteiger partial charge in [-0.15, -0.1) is 0 Å². The molecule has 2 unspecified atom stereocenters. The van der Waals surface area contributed by atoms with Crippen molar-refractivity contribution in [1.82, 2.24) is 10.2 Å². The molecule has 2 amide bonds. The highest BCUT2D eigenvalue weighted by Crippen LogP contribution is 2.12. The first-order chi connectivity index (χ1) is 8.06. The predicted octanol–water partition coefficient (Wildman–Crippen LogP) is -0.913. The van der Waals surface area contributed by atoms with E-state index in [1.54, 1.807) is 6.92 Å². The number of piperidine rings is 1. The molecule has 0 aliphatic carbocycles. The Kier molecular flexibility index (Phi) is 5.37. The summed E-state index contributed by atoms with van der Waals surface area (Å²) in [5, 5.41) is 3.21. The van der Waals surface area contributed by atoms with E-state index in [1.165, 1.54) is 12.0 Å². The van der Waals surface area contributed by atoms with Gasteiger partial charge in [-0.2, -0.15) is 0 Å². The van der Waals surface area contributed by atoms with Crippen LogP contribution in [0.1, 0.15) is 19.8 Å². The van der Waals surface area contributed by atoms with E-state index in [9.17, 15) is 9.59 Å². The van der Waals surface area contributed by atoms with Gasteiger partial charge < -0.3 is 20.7 Å². The zero-order valence-corrected chi connectivity index (χ0v) is 10.4. The number of nitrogens with two attached hydrogens (primary N) is 1. The molecule has 17 heavy (non-hydrogen) atoms. The summed E-state index contributed by atoms with van der Waals surface area (Å²) in [4.78, 5) is 24.6. The number of methoxy groups -OCH3 is 1. The molecule has 6 nitrogen and oxygen atoms in total. The topological polar surface area (TPSA) is 84.7 Å². The van der Waals surface area contributed by atoms with E-state index < -0.39 is 12.0 Å². The molecule has 98 valence electrons. The van der Waals surface area contributed by atoms with Gasteiger partial charge in [-0.05, 0) is 26.3 Å². The summed E-state index contributed by atoms with van der Waals surface area (Å²) in [6.45, 7) is 3.29. The first-order valence-corrected chi connectivity index (χ1v) is 5.88. The Balaban J connectivity index is 2.70. The van der Waals surface area contributed by atoms with Gasteiger partial charge in [0.15, 0.2) is 0 Å². The van der Waals surface area contributed by atoms with Crippen LogP contribution in [-0.2, 0) is 14.3 Å². The SMILES string of the molecule is COC(C)C(=O)N(CC(N)=O)C1CCCNC1. The number of hydrogen-bond acceptors (Lipinski definition) is 4. The standard InChI is InChI=1S/C11H21N3O3/c1-8(17-2)11(16)14(7-10(12)15)9-4-3-5-13-6-9/h8-9,13H,3-7H2,1-2H3,(H2,12,15). The van der Waals surface area contributed by atoms with Crippen molar-refractivity contribution in [3.63, 3.8) is 0 Å². The molecule has 3 N–H and O–H groups in total. The first-order valence-electron chi connectivity index (χ1n) is 5.88. The molecule has 1 aliphatic heterocycles. The normalized spacial score (nSPS) is 21.9. The average molecular weight is 243 g/mol. The first kappa shape index (κ1) is 13.9. The number of carbonyl (C=O) groups is 2. The van der Waals surface area contributed by atoms with E-state index in [1.807, 2.05) is 0 Å². The quantitative estimate of drug-likeness (QED) is 0.654. The second kappa shape index (κ2) is 6.56. The summed E-state index contributed by atoms with van der Waals surface area (Å²) < 4.78 is 5.00. The van der Waals surface area contributed by atoms with Crippen molar-refractivity contribution in [1.29, 1.82) is 0 Å². The van der Waals surface area contributed by atoms with Crippen LogP contribution in [0.25, 0.3) is 0 Å². The lowest BCUT2D eigenvalue weighted by Crippen LogP contribution is -2.54. The van der Waals surface area contributed by atoms with Gasteiger partial charge >= 0.3 is 0 Å². The van der Waals surface area contributed by atoms with Crippen molar-refractivity contribution in [3.8, 4) is 0 Å². The molecule has 0 radical (unpaired) electrons. The highest BCUT2D eigenvalue weighted by Gasteiger charge is 2.29. The van der Waals surface area contributed by atoms with Gasteiger partial charge in [0.2, 0.25) is 5.91 Å². The second-order valence-corrected chi connectivity index (χ2v) is 4.31. The number of primary amides is 1. The Morgan fingerprint density at radius 3 is 2.76 bits per heavy atom. The van der Waals surface area contributed by atoms with E-state index in [0.29, 0.717) is 6.54 Å². The minimum atomic E-state index is -0.545. The largest absolute Gasteiger partial charge is 0.372 e. The summed E-state index contributed by atoms with van der Waals surface area (Å²) in [5.74, 6) is -0.674. The van der Waals surface area contributed by atoms with Crippen molar-refractivity contribution < 1.29 is 14.3 Å². The van der Waals surface area contributed by atoms with Crippen LogP contribution < -0.4 is 11.1 Å². The smallest absolute Gasteiger partial charge is 0.252 e. The number of hydrogen-bond donors (Lipinski definition) is 2. The average Bonchev–Trinajstić information content (AvgIpc) is 2.35. The van der Waals surface area contributed by atoms with Crippen molar-refractivity contribution in [2.75, 3.05) is 26.7 Å². The van der Waals surface area contributed by atoms with Gasteiger partial charge in [0, 0.05) is 19.7 Å². The Hall–Kier alpha value is -1.14. The molecule has 0 bridgehead atoms. The molecule has 0 spiro atoms. The molecule has 0 aromatic carbocycles. The summed E-state index contributed by atoms with van der Waals surface area (Å²) in [6.07, 6.45) is 1.34. The number of nitrogens with zero attached hydrogens (tertiary/aromatic N) is 1. The predicted molar refractivity (Wildman–Crippen MR) is 63.3 cm³/mol. The monoisotopic (exact) mass is 243 g/mol. The molecule has 0 aromatic rings. The Labute approximate surface area is 101 Å². The highest BCUT2D eigenvalue weighted by molar-refractivity contribution is 5.86. The maximum Gasteiger partial charge on any atom is 0.252 e. The molecule has 0 saturated carbocycles. The van der Waals surface area contributed by atoms with Crippen LogP contribution in [0.5, 0.6) is 0 Å². The van der Waals surface area contributed by atoms with Crippen LogP contribution in [0.4, 0.5) is 0 Å². The number of amides is 2. The van der Waals surface area contributed by atoms with Crippen LogP contribution in [0.3, 0.4) is 0 Å². The van der Waals surface area contributed by atoms with Crippen LogP contribution in [-0.4, -0.2) is 55.6 Å². The van der Waals surface area contributed by atoms with Gasteiger partial charge in [-0.1, -0.05) is 0 Å². The maximum atomic E-state index is 12.1. The van der Waals surface area contributed by atoms with Gasteiger partial charge in [-0.25, -0.2) is 0 Å². The molecule has 1 aliphatic rings. The molecule has 1 rings (SSSR count). The fourth-order valence-corrected chi connectivity index (χ4v) is 1.99. The van der Waals surface area contributed by atoms with E-state index >= 15 is 0 Å². The number of nitrogens with one attached hydrogen (secondary N) is 1. The highest BCUT2D eigenvalue weighted by atomic mass is 16.5. The zero-order chi connectivity index (χ0) is 12.8. The number of carbonyl (C=O) groups excluding carboxylic acids is 2. The third-order valence-electron chi connectivity index (χ3n) is 3.02. The third-order valence-corrected chi connectivity index (χ3v) is 3.02.